The maximum atomic E-state index is 6.15. The van der Waals surface area contributed by atoms with Gasteiger partial charge in [-0.2, -0.15) is 0 Å². The number of unbranched alkanes of at least 4 members (excludes halogenated alkanes) is 1. The molecule has 20 heavy (non-hydrogen) atoms. The van der Waals surface area contributed by atoms with Crippen molar-refractivity contribution >= 4 is 0 Å². The maximum Gasteiger partial charge on any atom is 0.124 e. The predicted molar refractivity (Wildman–Crippen MR) is 87.5 cm³/mol. The number of aryl methyl sites for hydroxylation is 1. The second kappa shape index (κ2) is 9.02. The molecule has 2 heteroatoms. The van der Waals surface area contributed by atoms with Crippen LogP contribution in [0.4, 0.5) is 0 Å². The molecule has 0 bridgehead atoms. The van der Waals surface area contributed by atoms with E-state index in [-0.39, 0.29) is 0 Å². The lowest BCUT2D eigenvalue weighted by Crippen LogP contribution is -2.16. The first-order valence-electron chi connectivity index (χ1n) is 8.02. The molecule has 1 aromatic carbocycles. The Balaban J connectivity index is 2.72. The van der Waals surface area contributed by atoms with Crippen LogP contribution < -0.4 is 10.1 Å². The number of rotatable bonds is 9. The van der Waals surface area contributed by atoms with Crippen LogP contribution in [0, 0.1) is 12.8 Å². The van der Waals surface area contributed by atoms with Gasteiger partial charge in [-0.25, -0.2) is 0 Å². The molecule has 0 saturated carbocycles. The van der Waals surface area contributed by atoms with E-state index in [1.165, 1.54) is 36.8 Å². The quantitative estimate of drug-likeness (QED) is 0.695. The van der Waals surface area contributed by atoms with Crippen LogP contribution in [0.3, 0.4) is 0 Å². The highest BCUT2D eigenvalue weighted by atomic mass is 16.5. The van der Waals surface area contributed by atoms with Crippen LogP contribution in [-0.2, 0) is 0 Å². The van der Waals surface area contributed by atoms with Crippen LogP contribution >= 0.6 is 0 Å². The summed E-state index contributed by atoms with van der Waals surface area (Å²) in [7, 11) is 1.99. The summed E-state index contributed by atoms with van der Waals surface area (Å²) in [6, 6.07) is 6.82. The molecule has 1 N–H and O–H groups in total. The molecule has 0 aromatic heterocycles. The van der Waals surface area contributed by atoms with E-state index in [4.69, 9.17) is 4.74 Å². The van der Waals surface area contributed by atoms with E-state index in [1.807, 2.05) is 7.05 Å². The smallest absolute Gasteiger partial charge is 0.124 e. The Morgan fingerprint density at radius 2 is 2.00 bits per heavy atom. The largest absolute Gasteiger partial charge is 0.493 e. The zero-order valence-electron chi connectivity index (χ0n) is 13.8. The molecule has 0 aliphatic carbocycles. The van der Waals surface area contributed by atoms with Crippen LogP contribution in [0.5, 0.6) is 5.75 Å². The van der Waals surface area contributed by atoms with E-state index in [9.17, 15) is 0 Å². The van der Waals surface area contributed by atoms with Gasteiger partial charge in [-0.1, -0.05) is 45.2 Å². The Labute approximate surface area is 124 Å². The molecule has 114 valence electrons. The number of hydrogen-bond donors (Lipinski definition) is 1. The van der Waals surface area contributed by atoms with Crippen molar-refractivity contribution in [2.45, 2.75) is 59.4 Å². The fourth-order valence-electron chi connectivity index (χ4n) is 2.39. The van der Waals surface area contributed by atoms with E-state index in [0.29, 0.717) is 12.0 Å². The Morgan fingerprint density at radius 3 is 2.60 bits per heavy atom. The zero-order chi connectivity index (χ0) is 15.0. The zero-order valence-corrected chi connectivity index (χ0v) is 13.8. The highest BCUT2D eigenvalue weighted by Gasteiger charge is 2.12. The minimum absolute atomic E-state index is 0.321. The van der Waals surface area contributed by atoms with Gasteiger partial charge in [0.2, 0.25) is 0 Å². The molecule has 1 aromatic rings. The van der Waals surface area contributed by atoms with Gasteiger partial charge in [0.05, 0.1) is 6.61 Å². The summed E-state index contributed by atoms with van der Waals surface area (Å²) in [6.45, 7) is 9.64. The molecule has 1 rings (SSSR count). The molecule has 0 saturated heterocycles. The Hall–Kier alpha value is -1.02. The summed E-state index contributed by atoms with van der Waals surface area (Å²) < 4.78 is 6.15. The summed E-state index contributed by atoms with van der Waals surface area (Å²) >= 11 is 0. The molecule has 0 spiro atoms. The van der Waals surface area contributed by atoms with Gasteiger partial charge in [-0.3, -0.25) is 0 Å². The van der Waals surface area contributed by atoms with Gasteiger partial charge in [0, 0.05) is 11.6 Å². The molecular formula is C18H31NO. The third kappa shape index (κ3) is 5.16. The fraction of sp³-hybridized carbons (Fsp3) is 0.667. The van der Waals surface area contributed by atoms with Crippen molar-refractivity contribution in [2.24, 2.45) is 5.92 Å². The Morgan fingerprint density at radius 1 is 1.25 bits per heavy atom. The summed E-state index contributed by atoms with van der Waals surface area (Å²) in [4.78, 5) is 0. The predicted octanol–water partition coefficient (Wildman–Crippen LogP) is 4.87. The SMILES string of the molecule is CCCCC(CC)COc1cc(C)ccc1C(C)NC. The molecule has 0 radical (unpaired) electrons. The molecule has 2 atom stereocenters. The molecule has 0 amide bonds. The lowest BCUT2D eigenvalue weighted by molar-refractivity contribution is 0.230. The average molecular weight is 277 g/mol. The second-order valence-electron chi connectivity index (χ2n) is 5.78. The van der Waals surface area contributed by atoms with Gasteiger partial charge < -0.3 is 10.1 Å². The van der Waals surface area contributed by atoms with Crippen LogP contribution in [0.25, 0.3) is 0 Å². The lowest BCUT2D eigenvalue weighted by Gasteiger charge is -2.20. The normalized spacial score (nSPS) is 14.1. The van der Waals surface area contributed by atoms with E-state index < -0.39 is 0 Å². The van der Waals surface area contributed by atoms with E-state index >= 15 is 0 Å². The van der Waals surface area contributed by atoms with Crippen LogP contribution in [0.15, 0.2) is 18.2 Å². The highest BCUT2D eigenvalue weighted by Crippen LogP contribution is 2.27. The third-order valence-corrected chi connectivity index (χ3v) is 4.09. The highest BCUT2D eigenvalue weighted by molar-refractivity contribution is 5.39. The molecule has 0 fully saturated rings. The van der Waals surface area contributed by atoms with E-state index in [2.05, 4.69) is 51.2 Å². The monoisotopic (exact) mass is 277 g/mol. The van der Waals surface area contributed by atoms with Crippen molar-refractivity contribution in [1.29, 1.82) is 0 Å². The summed E-state index contributed by atoms with van der Waals surface area (Å²) in [5.41, 5.74) is 2.51. The number of ether oxygens (including phenoxy) is 1. The van der Waals surface area contributed by atoms with E-state index in [0.717, 1.165) is 12.4 Å². The van der Waals surface area contributed by atoms with Gasteiger partial charge in [-0.15, -0.1) is 0 Å². The Bertz CT molecular complexity index is 389. The first-order chi connectivity index (χ1) is 9.62. The fourth-order valence-corrected chi connectivity index (χ4v) is 2.39. The van der Waals surface area contributed by atoms with Crippen LogP contribution in [-0.4, -0.2) is 13.7 Å². The molecule has 2 nitrogen and oxygen atoms in total. The van der Waals surface area contributed by atoms with E-state index in [1.54, 1.807) is 0 Å². The summed E-state index contributed by atoms with van der Waals surface area (Å²) in [5, 5.41) is 3.30. The lowest BCUT2D eigenvalue weighted by atomic mass is 10.0. The van der Waals surface area contributed by atoms with Gasteiger partial charge in [0.1, 0.15) is 5.75 Å². The summed E-state index contributed by atoms with van der Waals surface area (Å²) in [6.07, 6.45) is 5.04. The standard InChI is InChI=1S/C18H31NO/c1-6-8-9-16(7-2)13-20-18-12-14(3)10-11-17(18)15(4)19-5/h10-12,15-16,19H,6-9,13H2,1-5H3. The topological polar surface area (TPSA) is 21.3 Å². The van der Waals surface area contributed by atoms with Crippen molar-refractivity contribution in [3.05, 3.63) is 29.3 Å². The van der Waals surface area contributed by atoms with Gasteiger partial charge >= 0.3 is 0 Å². The van der Waals surface area contributed by atoms with Crippen molar-refractivity contribution in [3.8, 4) is 5.75 Å². The Kier molecular flexibility index (Phi) is 7.68. The average Bonchev–Trinajstić information content (AvgIpc) is 2.47. The molecule has 0 heterocycles. The first kappa shape index (κ1) is 17.0. The molecular weight excluding hydrogens is 246 g/mol. The maximum absolute atomic E-state index is 6.15. The number of hydrogen-bond acceptors (Lipinski definition) is 2. The minimum Gasteiger partial charge on any atom is -0.493 e. The molecule has 0 aliphatic rings. The van der Waals surface area contributed by atoms with Crippen molar-refractivity contribution < 1.29 is 4.74 Å². The number of benzene rings is 1. The minimum atomic E-state index is 0.321. The van der Waals surface area contributed by atoms with Crippen molar-refractivity contribution in [2.75, 3.05) is 13.7 Å². The third-order valence-electron chi connectivity index (χ3n) is 4.09. The summed E-state index contributed by atoms with van der Waals surface area (Å²) in [5.74, 6) is 1.72. The second-order valence-corrected chi connectivity index (χ2v) is 5.78. The van der Waals surface area contributed by atoms with Crippen LogP contribution in [0.1, 0.15) is 63.6 Å². The molecule has 2 unspecified atom stereocenters. The van der Waals surface area contributed by atoms with Crippen molar-refractivity contribution in [1.82, 2.24) is 5.32 Å². The number of nitrogens with one attached hydrogen (secondary N) is 1. The molecule has 0 aliphatic heterocycles. The van der Waals surface area contributed by atoms with Gasteiger partial charge in [-0.05, 0) is 44.9 Å². The van der Waals surface area contributed by atoms with Gasteiger partial charge in [0.25, 0.3) is 0 Å². The first-order valence-corrected chi connectivity index (χ1v) is 8.02. The van der Waals surface area contributed by atoms with Crippen molar-refractivity contribution in [3.63, 3.8) is 0 Å². The van der Waals surface area contributed by atoms with Gasteiger partial charge in [0.15, 0.2) is 0 Å². The van der Waals surface area contributed by atoms with Crippen LogP contribution in [0.2, 0.25) is 0 Å².